The lowest BCUT2D eigenvalue weighted by atomic mass is 10.2. The van der Waals surface area contributed by atoms with Crippen molar-refractivity contribution in [2.24, 2.45) is 0 Å². The number of benzene rings is 2. The van der Waals surface area contributed by atoms with E-state index in [1.807, 2.05) is 30.3 Å². The summed E-state index contributed by atoms with van der Waals surface area (Å²) >= 11 is 0. The van der Waals surface area contributed by atoms with E-state index in [4.69, 9.17) is 5.73 Å². The number of amides is 1. The summed E-state index contributed by atoms with van der Waals surface area (Å²) in [5.41, 5.74) is 8.09. The molecule has 0 radical (unpaired) electrons. The molecule has 1 heterocycles. The first-order chi connectivity index (χ1) is 11.2. The number of aromatic nitrogens is 2. The number of carbonyl (C=O) groups is 1. The van der Waals surface area contributed by atoms with Crippen molar-refractivity contribution >= 4 is 28.9 Å². The zero-order valence-corrected chi connectivity index (χ0v) is 12.2. The molecule has 23 heavy (non-hydrogen) atoms. The molecule has 0 bridgehead atoms. The predicted molar refractivity (Wildman–Crippen MR) is 90.6 cm³/mol. The van der Waals surface area contributed by atoms with Gasteiger partial charge in [0, 0.05) is 18.1 Å². The topological polar surface area (TPSA) is 92.9 Å². The van der Waals surface area contributed by atoms with E-state index in [0.29, 0.717) is 22.9 Å². The number of nitrogens with two attached hydrogens (primary N) is 1. The van der Waals surface area contributed by atoms with Crippen molar-refractivity contribution in [1.29, 1.82) is 0 Å². The molecule has 0 spiro atoms. The summed E-state index contributed by atoms with van der Waals surface area (Å²) in [5, 5.41) is 5.79. The summed E-state index contributed by atoms with van der Waals surface area (Å²) in [5.74, 6) is 0.112. The number of rotatable bonds is 4. The minimum atomic E-state index is -0.311. The average Bonchev–Trinajstić information content (AvgIpc) is 2.58. The molecule has 6 heteroatoms. The van der Waals surface area contributed by atoms with Crippen molar-refractivity contribution in [1.82, 2.24) is 9.97 Å². The molecule has 0 fully saturated rings. The van der Waals surface area contributed by atoms with E-state index in [2.05, 4.69) is 20.6 Å². The summed E-state index contributed by atoms with van der Waals surface area (Å²) in [6.07, 6.45) is 2.93. The predicted octanol–water partition coefficient (Wildman–Crippen LogP) is 3.05. The normalized spacial score (nSPS) is 10.1. The summed E-state index contributed by atoms with van der Waals surface area (Å²) in [7, 11) is 0. The number of hydrogen-bond acceptors (Lipinski definition) is 5. The third-order valence-corrected chi connectivity index (χ3v) is 3.15. The lowest BCUT2D eigenvalue weighted by Crippen LogP contribution is -2.14. The summed E-state index contributed by atoms with van der Waals surface area (Å²) in [4.78, 5) is 20.5. The van der Waals surface area contributed by atoms with Gasteiger partial charge < -0.3 is 16.4 Å². The Morgan fingerprint density at radius 3 is 2.26 bits per heavy atom. The minimum absolute atomic E-state index is 0.311. The van der Waals surface area contributed by atoms with Crippen molar-refractivity contribution in [2.45, 2.75) is 0 Å². The number of hydrogen-bond donors (Lipinski definition) is 3. The number of para-hydroxylation sites is 3. The minimum Gasteiger partial charge on any atom is -0.397 e. The van der Waals surface area contributed by atoms with Crippen LogP contribution >= 0.6 is 0 Å². The van der Waals surface area contributed by atoms with Crippen molar-refractivity contribution in [2.75, 3.05) is 16.4 Å². The maximum atomic E-state index is 12.2. The highest BCUT2D eigenvalue weighted by Crippen LogP contribution is 2.18. The van der Waals surface area contributed by atoms with Gasteiger partial charge in [0.25, 0.3) is 5.91 Å². The highest BCUT2D eigenvalue weighted by molar-refractivity contribution is 6.05. The molecule has 0 aliphatic carbocycles. The van der Waals surface area contributed by atoms with E-state index >= 15 is 0 Å². The van der Waals surface area contributed by atoms with Crippen molar-refractivity contribution in [3.8, 4) is 0 Å². The first-order valence-electron chi connectivity index (χ1n) is 7.02. The van der Waals surface area contributed by atoms with Gasteiger partial charge in [-0.3, -0.25) is 4.79 Å². The van der Waals surface area contributed by atoms with Crippen molar-refractivity contribution in [3.05, 3.63) is 72.6 Å². The van der Waals surface area contributed by atoms with Gasteiger partial charge in [-0.15, -0.1) is 0 Å². The molecule has 0 saturated heterocycles. The van der Waals surface area contributed by atoms with E-state index < -0.39 is 0 Å². The third-order valence-electron chi connectivity index (χ3n) is 3.15. The summed E-state index contributed by atoms with van der Waals surface area (Å²) in [6, 6.07) is 16.6. The van der Waals surface area contributed by atoms with Gasteiger partial charge in [-0.25, -0.2) is 9.97 Å². The van der Waals surface area contributed by atoms with Crippen LogP contribution in [0, 0.1) is 0 Å². The van der Waals surface area contributed by atoms with E-state index in [-0.39, 0.29) is 5.91 Å². The smallest absolute Gasteiger partial charge is 0.258 e. The zero-order valence-electron chi connectivity index (χ0n) is 12.2. The lowest BCUT2D eigenvalue weighted by molar-refractivity contribution is 0.102. The highest BCUT2D eigenvalue weighted by Gasteiger charge is 2.09. The molecule has 0 aliphatic rings. The van der Waals surface area contributed by atoms with Crippen LogP contribution in [0.25, 0.3) is 0 Å². The molecule has 3 aromatic rings. The van der Waals surface area contributed by atoms with Crippen LogP contribution in [-0.2, 0) is 0 Å². The van der Waals surface area contributed by atoms with Crippen LogP contribution in [0.5, 0.6) is 0 Å². The average molecular weight is 305 g/mol. The maximum Gasteiger partial charge on any atom is 0.258 e. The largest absolute Gasteiger partial charge is 0.397 e. The van der Waals surface area contributed by atoms with Gasteiger partial charge in [0.2, 0.25) is 5.95 Å². The molecule has 6 nitrogen and oxygen atoms in total. The monoisotopic (exact) mass is 305 g/mol. The second-order valence-electron chi connectivity index (χ2n) is 4.83. The second kappa shape index (κ2) is 6.57. The number of carbonyl (C=O) groups excluding carboxylic acids is 1. The van der Waals surface area contributed by atoms with E-state index in [1.54, 1.807) is 24.3 Å². The lowest BCUT2D eigenvalue weighted by Gasteiger charge is -2.08. The standard InChI is InChI=1S/C17H15N5O/c18-14-8-4-5-9-15(14)22-16(23)12-10-19-17(20-11-12)21-13-6-2-1-3-7-13/h1-11H,18H2,(H,22,23)(H,19,20,21). The Morgan fingerprint density at radius 1 is 0.913 bits per heavy atom. The van der Waals surface area contributed by atoms with Crippen LogP contribution in [0.4, 0.5) is 23.0 Å². The van der Waals surface area contributed by atoms with Crippen LogP contribution < -0.4 is 16.4 Å². The van der Waals surface area contributed by atoms with Crippen LogP contribution in [0.3, 0.4) is 0 Å². The van der Waals surface area contributed by atoms with Gasteiger partial charge in [-0.1, -0.05) is 30.3 Å². The third kappa shape index (κ3) is 3.62. The quantitative estimate of drug-likeness (QED) is 0.644. The molecule has 4 N–H and O–H groups in total. The van der Waals surface area contributed by atoms with Gasteiger partial charge in [-0.05, 0) is 24.3 Å². The van der Waals surface area contributed by atoms with Gasteiger partial charge in [0.05, 0.1) is 16.9 Å². The Hall–Kier alpha value is -3.41. The Bertz CT molecular complexity index is 803. The highest BCUT2D eigenvalue weighted by atomic mass is 16.1. The Labute approximate surface area is 133 Å². The Morgan fingerprint density at radius 2 is 1.57 bits per heavy atom. The van der Waals surface area contributed by atoms with Crippen LogP contribution in [0.1, 0.15) is 10.4 Å². The second-order valence-corrected chi connectivity index (χ2v) is 4.83. The molecule has 0 aliphatic heterocycles. The van der Waals surface area contributed by atoms with Crippen molar-refractivity contribution < 1.29 is 4.79 Å². The Balaban J connectivity index is 1.69. The number of nitrogens with zero attached hydrogens (tertiary/aromatic N) is 2. The van der Waals surface area contributed by atoms with Crippen LogP contribution in [0.2, 0.25) is 0 Å². The van der Waals surface area contributed by atoms with Gasteiger partial charge in [0.15, 0.2) is 0 Å². The van der Waals surface area contributed by atoms with Gasteiger partial charge in [0.1, 0.15) is 0 Å². The number of nitrogen functional groups attached to an aromatic ring is 1. The molecular weight excluding hydrogens is 290 g/mol. The molecular formula is C17H15N5O. The van der Waals surface area contributed by atoms with E-state index in [0.717, 1.165) is 5.69 Å². The molecule has 1 aromatic heterocycles. The summed E-state index contributed by atoms with van der Waals surface area (Å²) in [6.45, 7) is 0. The SMILES string of the molecule is Nc1ccccc1NC(=O)c1cnc(Nc2ccccc2)nc1. The fraction of sp³-hybridized carbons (Fsp3) is 0. The van der Waals surface area contributed by atoms with Crippen molar-refractivity contribution in [3.63, 3.8) is 0 Å². The molecule has 3 rings (SSSR count). The van der Waals surface area contributed by atoms with Gasteiger partial charge in [-0.2, -0.15) is 0 Å². The molecule has 1 amide bonds. The first kappa shape index (κ1) is 14.5. The molecule has 0 unspecified atom stereocenters. The van der Waals surface area contributed by atoms with Crippen LogP contribution in [-0.4, -0.2) is 15.9 Å². The van der Waals surface area contributed by atoms with E-state index in [1.165, 1.54) is 12.4 Å². The number of anilines is 4. The number of nitrogens with one attached hydrogen (secondary N) is 2. The molecule has 0 saturated carbocycles. The molecule has 0 atom stereocenters. The maximum absolute atomic E-state index is 12.2. The first-order valence-corrected chi connectivity index (χ1v) is 7.02. The van der Waals surface area contributed by atoms with Gasteiger partial charge >= 0.3 is 0 Å². The zero-order chi connectivity index (χ0) is 16.1. The summed E-state index contributed by atoms with van der Waals surface area (Å²) < 4.78 is 0. The molecule has 114 valence electrons. The van der Waals surface area contributed by atoms with Crippen LogP contribution in [0.15, 0.2) is 67.0 Å². The fourth-order valence-electron chi connectivity index (χ4n) is 1.97. The van der Waals surface area contributed by atoms with E-state index in [9.17, 15) is 4.79 Å². The Kier molecular flexibility index (Phi) is 4.15. The molecule has 2 aromatic carbocycles. The fourth-order valence-corrected chi connectivity index (χ4v) is 1.97.